The van der Waals surface area contributed by atoms with Crippen LogP contribution in [0, 0.1) is 5.92 Å². The van der Waals surface area contributed by atoms with Crippen molar-refractivity contribution < 1.29 is 0 Å². The molecule has 1 aromatic heterocycles. The summed E-state index contributed by atoms with van der Waals surface area (Å²) in [7, 11) is 1.79. The normalized spacial score (nSPS) is 18.3. The van der Waals surface area contributed by atoms with Crippen LogP contribution < -0.4 is 10.6 Å². The van der Waals surface area contributed by atoms with Crippen molar-refractivity contribution in [2.24, 2.45) is 10.9 Å². The number of nitrogens with zero attached hydrogens (tertiary/aromatic N) is 3. The first-order valence-electron chi connectivity index (χ1n) is 9.87. The number of guanidine groups is 1. The molecule has 0 saturated carbocycles. The van der Waals surface area contributed by atoms with E-state index < -0.39 is 0 Å². The zero-order chi connectivity index (χ0) is 18.9. The molecule has 1 unspecified atom stereocenters. The molecule has 1 saturated heterocycles. The molecule has 3 rings (SSSR count). The van der Waals surface area contributed by atoms with Gasteiger partial charge < -0.3 is 10.6 Å². The van der Waals surface area contributed by atoms with Crippen molar-refractivity contribution in [1.82, 2.24) is 20.5 Å². The minimum Gasteiger partial charge on any atom is -0.352 e. The van der Waals surface area contributed by atoms with E-state index in [1.807, 2.05) is 18.2 Å². The van der Waals surface area contributed by atoms with Gasteiger partial charge in [-0.05, 0) is 48.6 Å². The fourth-order valence-electron chi connectivity index (χ4n) is 3.53. The summed E-state index contributed by atoms with van der Waals surface area (Å²) in [5, 5.41) is 6.66. The highest BCUT2D eigenvalue weighted by atomic mass is 15.2. The molecular formula is C22H31N5. The lowest BCUT2D eigenvalue weighted by Crippen LogP contribution is -2.36. The summed E-state index contributed by atoms with van der Waals surface area (Å²) in [4.78, 5) is 11.2. The highest BCUT2D eigenvalue weighted by Gasteiger charge is 2.16. The highest BCUT2D eigenvalue weighted by Crippen LogP contribution is 2.18. The van der Waals surface area contributed by atoms with Gasteiger partial charge in [-0.15, -0.1) is 0 Å². The lowest BCUT2D eigenvalue weighted by Gasteiger charge is -2.30. The van der Waals surface area contributed by atoms with E-state index in [-0.39, 0.29) is 0 Å². The van der Waals surface area contributed by atoms with E-state index in [2.05, 4.69) is 56.7 Å². The van der Waals surface area contributed by atoms with Crippen molar-refractivity contribution in [3.8, 4) is 0 Å². The lowest BCUT2D eigenvalue weighted by atomic mass is 9.99. The molecule has 0 radical (unpaired) electrons. The number of hydrogen-bond donors (Lipinski definition) is 2. The van der Waals surface area contributed by atoms with Crippen molar-refractivity contribution in [1.29, 1.82) is 0 Å². The second-order valence-electron chi connectivity index (χ2n) is 7.40. The van der Waals surface area contributed by atoms with Gasteiger partial charge in [-0.1, -0.05) is 37.3 Å². The number of hydrogen-bond acceptors (Lipinski definition) is 3. The summed E-state index contributed by atoms with van der Waals surface area (Å²) >= 11 is 0. The molecule has 2 heterocycles. The molecule has 27 heavy (non-hydrogen) atoms. The molecule has 0 bridgehead atoms. The van der Waals surface area contributed by atoms with E-state index >= 15 is 0 Å². The van der Waals surface area contributed by atoms with Gasteiger partial charge in [0.25, 0.3) is 0 Å². The second-order valence-corrected chi connectivity index (χ2v) is 7.40. The van der Waals surface area contributed by atoms with Gasteiger partial charge in [-0.3, -0.25) is 14.9 Å². The van der Waals surface area contributed by atoms with Crippen molar-refractivity contribution in [2.75, 3.05) is 20.1 Å². The van der Waals surface area contributed by atoms with Gasteiger partial charge in [0.2, 0.25) is 0 Å². The van der Waals surface area contributed by atoms with Gasteiger partial charge in [-0.2, -0.15) is 0 Å². The first-order valence-corrected chi connectivity index (χ1v) is 9.87. The largest absolute Gasteiger partial charge is 0.352 e. The smallest absolute Gasteiger partial charge is 0.191 e. The minimum atomic E-state index is 0.660. The van der Waals surface area contributed by atoms with Crippen molar-refractivity contribution in [2.45, 2.75) is 39.4 Å². The van der Waals surface area contributed by atoms with Crippen molar-refractivity contribution in [3.63, 3.8) is 0 Å². The summed E-state index contributed by atoms with van der Waals surface area (Å²) in [6.45, 7) is 7.28. The van der Waals surface area contributed by atoms with Crippen LogP contribution in [-0.2, 0) is 19.6 Å². The number of pyridine rings is 1. The van der Waals surface area contributed by atoms with Crippen LogP contribution in [0.2, 0.25) is 0 Å². The number of aromatic nitrogens is 1. The second kappa shape index (κ2) is 10.1. The molecule has 1 aliphatic rings. The van der Waals surface area contributed by atoms with Gasteiger partial charge in [0.05, 0.1) is 12.2 Å². The standard InChI is InChI=1S/C22H31N5/c1-18-6-5-13-27(16-18)17-20-10-8-19(9-11-20)14-25-22(23-2)26-15-21-7-3-4-12-24-21/h3-4,7-12,18H,5-6,13-17H2,1-2H3,(H2,23,25,26). The molecular weight excluding hydrogens is 334 g/mol. The predicted octanol–water partition coefficient (Wildman–Crippen LogP) is 3.18. The highest BCUT2D eigenvalue weighted by molar-refractivity contribution is 5.79. The first-order chi connectivity index (χ1) is 13.2. The minimum absolute atomic E-state index is 0.660. The number of likely N-dealkylation sites (tertiary alicyclic amines) is 1. The van der Waals surface area contributed by atoms with Crippen LogP contribution in [0.25, 0.3) is 0 Å². The van der Waals surface area contributed by atoms with E-state index in [1.165, 1.54) is 37.1 Å². The van der Waals surface area contributed by atoms with Gasteiger partial charge in [-0.25, -0.2) is 0 Å². The van der Waals surface area contributed by atoms with E-state index in [9.17, 15) is 0 Å². The Bertz CT molecular complexity index is 711. The zero-order valence-corrected chi connectivity index (χ0v) is 16.5. The summed E-state index contributed by atoms with van der Waals surface area (Å²) in [6, 6.07) is 14.8. The number of aliphatic imine (C=N–C) groups is 1. The molecule has 5 nitrogen and oxygen atoms in total. The predicted molar refractivity (Wildman–Crippen MR) is 111 cm³/mol. The Labute approximate surface area is 162 Å². The summed E-state index contributed by atoms with van der Waals surface area (Å²) in [5.74, 6) is 1.61. The Morgan fingerprint density at radius 1 is 1.11 bits per heavy atom. The first kappa shape index (κ1) is 19.4. The molecule has 2 N–H and O–H groups in total. The summed E-state index contributed by atoms with van der Waals surface area (Å²) in [5.41, 5.74) is 3.65. The third kappa shape index (κ3) is 6.36. The Morgan fingerprint density at radius 2 is 1.89 bits per heavy atom. The maximum absolute atomic E-state index is 4.32. The Hall–Kier alpha value is -2.40. The van der Waals surface area contributed by atoms with Crippen LogP contribution in [0.1, 0.15) is 36.6 Å². The maximum Gasteiger partial charge on any atom is 0.191 e. The molecule has 0 aliphatic carbocycles. The zero-order valence-electron chi connectivity index (χ0n) is 16.5. The third-order valence-electron chi connectivity index (χ3n) is 5.02. The molecule has 0 spiro atoms. The Morgan fingerprint density at radius 3 is 2.59 bits per heavy atom. The quantitative estimate of drug-likeness (QED) is 0.610. The van der Waals surface area contributed by atoms with Crippen LogP contribution in [0.3, 0.4) is 0 Å². The third-order valence-corrected chi connectivity index (χ3v) is 5.02. The van der Waals surface area contributed by atoms with Gasteiger partial charge in [0, 0.05) is 32.9 Å². The Balaban J connectivity index is 1.44. The van der Waals surface area contributed by atoms with E-state index in [0.29, 0.717) is 6.54 Å². The van der Waals surface area contributed by atoms with E-state index in [1.54, 1.807) is 13.2 Å². The summed E-state index contributed by atoms with van der Waals surface area (Å²) in [6.07, 6.45) is 4.50. The molecule has 1 aliphatic heterocycles. The SMILES string of the molecule is CN=C(NCc1ccc(CN2CCCC(C)C2)cc1)NCc1ccccn1. The average Bonchev–Trinajstić information content (AvgIpc) is 2.70. The maximum atomic E-state index is 4.32. The van der Waals surface area contributed by atoms with Crippen LogP contribution in [0.15, 0.2) is 53.7 Å². The van der Waals surface area contributed by atoms with Crippen LogP contribution in [0.4, 0.5) is 0 Å². The lowest BCUT2D eigenvalue weighted by molar-refractivity contribution is 0.176. The summed E-state index contributed by atoms with van der Waals surface area (Å²) < 4.78 is 0. The molecule has 5 heteroatoms. The number of piperidine rings is 1. The van der Waals surface area contributed by atoms with E-state index in [0.717, 1.165) is 30.7 Å². The fourth-order valence-corrected chi connectivity index (χ4v) is 3.53. The average molecular weight is 366 g/mol. The number of benzene rings is 1. The molecule has 1 atom stereocenters. The van der Waals surface area contributed by atoms with Crippen molar-refractivity contribution in [3.05, 3.63) is 65.5 Å². The monoisotopic (exact) mass is 365 g/mol. The number of rotatable bonds is 6. The van der Waals surface area contributed by atoms with Gasteiger partial charge in [0.15, 0.2) is 5.96 Å². The molecule has 0 amide bonds. The van der Waals surface area contributed by atoms with Gasteiger partial charge >= 0.3 is 0 Å². The van der Waals surface area contributed by atoms with Crippen LogP contribution in [0.5, 0.6) is 0 Å². The van der Waals surface area contributed by atoms with E-state index in [4.69, 9.17) is 0 Å². The molecule has 1 fully saturated rings. The van der Waals surface area contributed by atoms with Gasteiger partial charge in [0.1, 0.15) is 0 Å². The van der Waals surface area contributed by atoms with Crippen LogP contribution in [-0.4, -0.2) is 36.0 Å². The fraction of sp³-hybridized carbons (Fsp3) is 0.455. The molecule has 2 aromatic rings. The van der Waals surface area contributed by atoms with Crippen LogP contribution >= 0.6 is 0 Å². The topological polar surface area (TPSA) is 52.6 Å². The van der Waals surface area contributed by atoms with Crippen molar-refractivity contribution >= 4 is 5.96 Å². The number of nitrogens with one attached hydrogen (secondary N) is 2. The molecule has 1 aromatic carbocycles. The Kier molecular flexibility index (Phi) is 7.22. The molecule has 144 valence electrons.